The Morgan fingerprint density at radius 1 is 1.30 bits per heavy atom. The Morgan fingerprint density at radius 2 is 2.10 bits per heavy atom. The van der Waals surface area contributed by atoms with Crippen LogP contribution in [0.2, 0.25) is 0 Å². The second-order valence-corrected chi connectivity index (χ2v) is 6.82. The van der Waals surface area contributed by atoms with Gasteiger partial charge in [0.1, 0.15) is 0 Å². The van der Waals surface area contributed by atoms with Crippen molar-refractivity contribution >= 4 is 11.8 Å². The first-order valence-corrected chi connectivity index (χ1v) is 7.67. The van der Waals surface area contributed by atoms with E-state index in [0.717, 1.165) is 6.54 Å². The zero-order valence-electron chi connectivity index (χ0n) is 12.4. The van der Waals surface area contributed by atoms with Crippen molar-refractivity contribution in [3.63, 3.8) is 0 Å². The van der Waals surface area contributed by atoms with E-state index in [-0.39, 0.29) is 5.54 Å². The Morgan fingerprint density at radius 3 is 2.75 bits per heavy atom. The summed E-state index contributed by atoms with van der Waals surface area (Å²) in [5, 5.41) is 7.29. The van der Waals surface area contributed by atoms with Crippen molar-refractivity contribution in [2.24, 2.45) is 0 Å². The zero-order chi connectivity index (χ0) is 14.6. The largest absolute Gasteiger partial charge is 0.338 e. The van der Waals surface area contributed by atoms with Gasteiger partial charge in [0.2, 0.25) is 5.89 Å². The Bertz CT molecular complexity index is 560. The topological polar surface area (TPSA) is 51.0 Å². The minimum absolute atomic E-state index is 0.129. The molecule has 1 aromatic carbocycles. The Balaban J connectivity index is 1.92. The normalized spacial score (nSPS) is 11.8. The van der Waals surface area contributed by atoms with E-state index in [2.05, 4.69) is 60.5 Å². The van der Waals surface area contributed by atoms with E-state index in [9.17, 15) is 0 Å². The molecular weight excluding hydrogens is 270 g/mol. The maximum atomic E-state index is 5.11. The van der Waals surface area contributed by atoms with Crippen LogP contribution >= 0.6 is 11.8 Å². The molecule has 4 nitrogen and oxygen atoms in total. The van der Waals surface area contributed by atoms with Crippen LogP contribution in [-0.2, 0) is 12.3 Å². The van der Waals surface area contributed by atoms with Crippen molar-refractivity contribution in [3.8, 4) is 0 Å². The number of aromatic nitrogens is 2. The van der Waals surface area contributed by atoms with Crippen LogP contribution in [0, 0.1) is 6.92 Å². The van der Waals surface area contributed by atoms with Crippen LogP contribution in [0.4, 0.5) is 0 Å². The van der Waals surface area contributed by atoms with Gasteiger partial charge in [0.15, 0.2) is 5.82 Å². The molecule has 0 aliphatic rings. The highest BCUT2D eigenvalue weighted by atomic mass is 32.2. The molecule has 0 aliphatic heterocycles. The van der Waals surface area contributed by atoms with Gasteiger partial charge in [-0.25, -0.2) is 0 Å². The fourth-order valence-electron chi connectivity index (χ4n) is 1.66. The zero-order valence-corrected chi connectivity index (χ0v) is 13.3. The summed E-state index contributed by atoms with van der Waals surface area (Å²) < 4.78 is 5.11. The lowest BCUT2D eigenvalue weighted by molar-refractivity contribution is 0.387. The summed E-state index contributed by atoms with van der Waals surface area (Å²) in [6.45, 7) is 9.21. The van der Waals surface area contributed by atoms with Gasteiger partial charge in [0, 0.05) is 17.0 Å². The molecule has 0 spiro atoms. The van der Waals surface area contributed by atoms with Crippen LogP contribution < -0.4 is 5.32 Å². The molecule has 0 saturated heterocycles. The molecule has 0 atom stereocenters. The maximum absolute atomic E-state index is 5.11. The molecule has 1 heterocycles. The fourth-order valence-corrected chi connectivity index (χ4v) is 2.47. The Kier molecular flexibility index (Phi) is 4.83. The molecule has 108 valence electrons. The van der Waals surface area contributed by atoms with Gasteiger partial charge in [-0.1, -0.05) is 17.3 Å². The number of rotatable bonds is 5. The lowest BCUT2D eigenvalue weighted by Crippen LogP contribution is -2.35. The molecule has 0 bridgehead atoms. The molecule has 0 fully saturated rings. The highest BCUT2D eigenvalue weighted by molar-refractivity contribution is 7.98. The number of nitrogens with one attached hydrogen (secondary N) is 1. The van der Waals surface area contributed by atoms with Crippen molar-refractivity contribution in [1.29, 1.82) is 0 Å². The number of hydrogen-bond acceptors (Lipinski definition) is 5. The SMILES string of the molecule is Cc1noc(CSc2cccc(CNC(C)(C)C)c2)n1. The van der Waals surface area contributed by atoms with E-state index in [1.807, 2.05) is 6.92 Å². The number of nitrogens with zero attached hydrogens (tertiary/aromatic N) is 2. The van der Waals surface area contributed by atoms with Crippen LogP contribution in [-0.4, -0.2) is 15.7 Å². The predicted molar refractivity (Wildman–Crippen MR) is 81.6 cm³/mol. The van der Waals surface area contributed by atoms with Crippen molar-refractivity contribution in [3.05, 3.63) is 41.5 Å². The smallest absolute Gasteiger partial charge is 0.236 e. The summed E-state index contributed by atoms with van der Waals surface area (Å²) in [4.78, 5) is 5.42. The van der Waals surface area contributed by atoms with Gasteiger partial charge in [-0.15, -0.1) is 11.8 Å². The van der Waals surface area contributed by atoms with Gasteiger partial charge in [-0.2, -0.15) is 4.98 Å². The van der Waals surface area contributed by atoms with E-state index in [1.165, 1.54) is 10.5 Å². The van der Waals surface area contributed by atoms with Crippen LogP contribution in [0.3, 0.4) is 0 Å². The lowest BCUT2D eigenvalue weighted by atomic mass is 10.1. The molecule has 0 amide bonds. The van der Waals surface area contributed by atoms with Crippen molar-refractivity contribution in [2.45, 2.75) is 50.4 Å². The summed E-state index contributed by atoms with van der Waals surface area (Å²) in [6, 6.07) is 8.53. The fraction of sp³-hybridized carbons (Fsp3) is 0.467. The quantitative estimate of drug-likeness (QED) is 0.854. The minimum Gasteiger partial charge on any atom is -0.338 e. The monoisotopic (exact) mass is 291 g/mol. The molecule has 0 unspecified atom stereocenters. The first-order chi connectivity index (χ1) is 9.42. The van der Waals surface area contributed by atoms with Gasteiger partial charge < -0.3 is 9.84 Å². The highest BCUT2D eigenvalue weighted by Crippen LogP contribution is 2.23. The second-order valence-electron chi connectivity index (χ2n) is 5.77. The van der Waals surface area contributed by atoms with Crippen molar-refractivity contribution in [1.82, 2.24) is 15.5 Å². The number of benzene rings is 1. The van der Waals surface area contributed by atoms with Gasteiger partial charge in [0.05, 0.1) is 5.75 Å². The molecule has 2 rings (SSSR count). The molecular formula is C15H21N3OS. The molecule has 0 aliphatic carbocycles. The van der Waals surface area contributed by atoms with Gasteiger partial charge >= 0.3 is 0 Å². The van der Waals surface area contributed by atoms with Gasteiger partial charge in [-0.05, 0) is 45.4 Å². The average Bonchev–Trinajstić information content (AvgIpc) is 2.80. The summed E-state index contributed by atoms with van der Waals surface area (Å²) >= 11 is 1.71. The maximum Gasteiger partial charge on any atom is 0.236 e. The predicted octanol–water partition coefficient (Wildman–Crippen LogP) is 3.56. The summed E-state index contributed by atoms with van der Waals surface area (Å²) in [7, 11) is 0. The van der Waals surface area contributed by atoms with E-state index in [1.54, 1.807) is 11.8 Å². The van der Waals surface area contributed by atoms with E-state index in [4.69, 9.17) is 4.52 Å². The van der Waals surface area contributed by atoms with E-state index in [0.29, 0.717) is 17.5 Å². The molecule has 5 heteroatoms. The number of thioether (sulfide) groups is 1. The minimum atomic E-state index is 0.129. The van der Waals surface area contributed by atoms with Crippen LogP contribution in [0.15, 0.2) is 33.7 Å². The van der Waals surface area contributed by atoms with Crippen LogP contribution in [0.1, 0.15) is 38.0 Å². The summed E-state index contributed by atoms with van der Waals surface area (Å²) in [5.41, 5.74) is 1.41. The van der Waals surface area contributed by atoms with Gasteiger partial charge in [-0.3, -0.25) is 0 Å². The number of aryl methyl sites for hydroxylation is 1. The van der Waals surface area contributed by atoms with E-state index < -0.39 is 0 Å². The van der Waals surface area contributed by atoms with Crippen LogP contribution in [0.25, 0.3) is 0 Å². The molecule has 20 heavy (non-hydrogen) atoms. The third-order valence-electron chi connectivity index (χ3n) is 2.65. The average molecular weight is 291 g/mol. The molecule has 0 radical (unpaired) electrons. The van der Waals surface area contributed by atoms with Gasteiger partial charge in [0.25, 0.3) is 0 Å². The Labute approximate surface area is 124 Å². The highest BCUT2D eigenvalue weighted by Gasteiger charge is 2.09. The first-order valence-electron chi connectivity index (χ1n) is 6.68. The third-order valence-corrected chi connectivity index (χ3v) is 3.63. The summed E-state index contributed by atoms with van der Waals surface area (Å²) in [5.74, 6) is 2.06. The molecule has 2 aromatic rings. The lowest BCUT2D eigenvalue weighted by Gasteiger charge is -2.20. The van der Waals surface area contributed by atoms with Crippen molar-refractivity contribution < 1.29 is 4.52 Å². The summed E-state index contributed by atoms with van der Waals surface area (Å²) in [6.07, 6.45) is 0. The van der Waals surface area contributed by atoms with Crippen LogP contribution in [0.5, 0.6) is 0 Å². The van der Waals surface area contributed by atoms with E-state index >= 15 is 0 Å². The Hall–Kier alpha value is -1.33. The van der Waals surface area contributed by atoms with Crippen molar-refractivity contribution in [2.75, 3.05) is 0 Å². The molecule has 0 saturated carbocycles. The third kappa shape index (κ3) is 4.98. The molecule has 1 N–H and O–H groups in total. The standard InChI is InChI=1S/C15H21N3OS/c1-11-17-14(19-18-11)10-20-13-7-5-6-12(8-13)9-16-15(2,3)4/h5-8,16H,9-10H2,1-4H3. The number of hydrogen-bond donors (Lipinski definition) is 1. The second kappa shape index (κ2) is 6.41. The molecule has 1 aromatic heterocycles. The first kappa shape index (κ1) is 15.1.